The number of nitrogens with one attached hydrogen (secondary N) is 4. The number of dihydropyridines is 1. The van der Waals surface area contributed by atoms with Crippen LogP contribution < -0.4 is 21.5 Å². The Morgan fingerprint density at radius 1 is 1.36 bits per heavy atom. The van der Waals surface area contributed by atoms with Crippen LogP contribution in [0.15, 0.2) is 39.0 Å². The third-order valence-corrected chi connectivity index (χ3v) is 6.24. The van der Waals surface area contributed by atoms with Gasteiger partial charge in [-0.25, -0.2) is 5.43 Å². The lowest BCUT2D eigenvalue weighted by Gasteiger charge is -2.38. The van der Waals surface area contributed by atoms with Crippen LogP contribution in [0.2, 0.25) is 0 Å². The van der Waals surface area contributed by atoms with Gasteiger partial charge in [-0.1, -0.05) is 31.7 Å². The summed E-state index contributed by atoms with van der Waals surface area (Å²) in [7, 11) is 0. The van der Waals surface area contributed by atoms with E-state index in [0.29, 0.717) is 11.5 Å². The van der Waals surface area contributed by atoms with Gasteiger partial charge in [0.2, 0.25) is 0 Å². The highest BCUT2D eigenvalue weighted by Gasteiger charge is 2.35. The van der Waals surface area contributed by atoms with E-state index in [2.05, 4.69) is 58.2 Å². The first kappa shape index (κ1) is 17.1. The number of thioether (sulfide) groups is 1. The first-order valence-electron chi connectivity index (χ1n) is 9.19. The molecule has 0 amide bonds. The molecule has 3 atom stereocenters. The molecule has 4 N–H and O–H groups in total. The molecule has 0 bridgehead atoms. The maximum absolute atomic E-state index is 4.47. The fraction of sp³-hybridized carbons (Fsp3) is 0.611. The Morgan fingerprint density at radius 2 is 2.24 bits per heavy atom. The Bertz CT molecular complexity index is 650. The summed E-state index contributed by atoms with van der Waals surface area (Å²) in [6.45, 7) is 10.1. The maximum atomic E-state index is 4.47. The first-order valence-corrected chi connectivity index (χ1v) is 10.1. The lowest BCUT2D eigenvalue weighted by molar-refractivity contribution is 0.165. The SMILES string of the molecule is CC1=C(C2=C3C=CC=NC3NN2)NC(N2CCN[C@@H](CC(C)C)C2)S1. The van der Waals surface area contributed by atoms with Crippen molar-refractivity contribution < 1.29 is 0 Å². The van der Waals surface area contributed by atoms with Gasteiger partial charge in [-0.15, -0.1) is 0 Å². The quantitative estimate of drug-likeness (QED) is 0.609. The van der Waals surface area contributed by atoms with Crippen molar-refractivity contribution in [3.63, 3.8) is 0 Å². The van der Waals surface area contributed by atoms with Gasteiger partial charge in [0.1, 0.15) is 11.7 Å². The van der Waals surface area contributed by atoms with Crippen molar-refractivity contribution in [1.82, 2.24) is 26.4 Å². The number of hydrogen-bond donors (Lipinski definition) is 4. The second kappa shape index (κ2) is 7.15. The predicted octanol–water partition coefficient (Wildman–Crippen LogP) is 1.49. The molecule has 7 heteroatoms. The molecule has 1 fully saturated rings. The van der Waals surface area contributed by atoms with E-state index in [-0.39, 0.29) is 6.17 Å². The van der Waals surface area contributed by atoms with Crippen LogP contribution in [0.3, 0.4) is 0 Å². The van der Waals surface area contributed by atoms with Crippen molar-refractivity contribution in [3.05, 3.63) is 34.0 Å². The molecule has 1 saturated heterocycles. The predicted molar refractivity (Wildman–Crippen MR) is 105 cm³/mol. The Labute approximate surface area is 154 Å². The van der Waals surface area contributed by atoms with E-state index < -0.39 is 0 Å². The number of hydrogen-bond acceptors (Lipinski definition) is 7. The van der Waals surface area contributed by atoms with Crippen molar-refractivity contribution in [2.45, 2.75) is 44.9 Å². The molecule has 0 aromatic rings. The summed E-state index contributed by atoms with van der Waals surface area (Å²) in [5.41, 5.74) is 10.5. The summed E-state index contributed by atoms with van der Waals surface area (Å²) in [6.07, 6.45) is 7.26. The van der Waals surface area contributed by atoms with Gasteiger partial charge < -0.3 is 16.1 Å². The molecular formula is C18H28N6S. The third kappa shape index (κ3) is 3.51. The standard InChI is InChI=1S/C18H28N6S/c1-11(2)9-13-10-24(8-7-19-13)18-21-15(12(3)25-18)16-14-5-4-6-20-17(14)23-22-16/h4-6,11,13,17-19,21-23H,7-10H2,1-3H3/t13-,17?,18?/m0/s1. The fourth-order valence-electron chi connectivity index (χ4n) is 3.89. The Kier molecular flexibility index (Phi) is 4.90. The summed E-state index contributed by atoms with van der Waals surface area (Å²) < 4.78 is 0. The van der Waals surface area contributed by atoms with Gasteiger partial charge in [0.25, 0.3) is 0 Å². The largest absolute Gasteiger partial charge is 0.358 e. The lowest BCUT2D eigenvalue weighted by Crippen LogP contribution is -2.55. The number of hydrazine groups is 1. The highest BCUT2D eigenvalue weighted by atomic mass is 32.2. The van der Waals surface area contributed by atoms with E-state index in [1.165, 1.54) is 22.6 Å². The molecule has 2 unspecified atom stereocenters. The molecule has 4 rings (SSSR count). The zero-order valence-electron chi connectivity index (χ0n) is 15.2. The van der Waals surface area contributed by atoms with Crippen molar-refractivity contribution in [2.75, 3.05) is 19.6 Å². The molecule has 6 nitrogen and oxygen atoms in total. The zero-order valence-corrected chi connectivity index (χ0v) is 16.0. The van der Waals surface area contributed by atoms with E-state index in [1.54, 1.807) is 0 Å². The molecule has 0 saturated carbocycles. The molecule has 0 spiro atoms. The molecule has 0 aromatic heterocycles. The van der Waals surface area contributed by atoms with Crippen molar-refractivity contribution >= 4 is 18.0 Å². The second-order valence-electron chi connectivity index (χ2n) is 7.48. The van der Waals surface area contributed by atoms with Gasteiger partial charge in [0.15, 0.2) is 0 Å². The van der Waals surface area contributed by atoms with E-state index in [9.17, 15) is 0 Å². The minimum Gasteiger partial charge on any atom is -0.358 e. The number of nitrogens with zero attached hydrogens (tertiary/aromatic N) is 2. The number of aliphatic imine (C=N–C) groups is 1. The smallest absolute Gasteiger partial charge is 0.143 e. The van der Waals surface area contributed by atoms with Crippen LogP contribution in [0, 0.1) is 5.92 Å². The molecule has 0 aromatic carbocycles. The molecule has 4 aliphatic rings. The van der Waals surface area contributed by atoms with Crippen molar-refractivity contribution in [1.29, 1.82) is 0 Å². The van der Waals surface area contributed by atoms with Crippen LogP contribution in [0.25, 0.3) is 0 Å². The highest BCUT2D eigenvalue weighted by Crippen LogP contribution is 2.37. The summed E-state index contributed by atoms with van der Waals surface area (Å²) >= 11 is 1.93. The van der Waals surface area contributed by atoms with Crippen molar-refractivity contribution in [3.8, 4) is 0 Å². The van der Waals surface area contributed by atoms with E-state index >= 15 is 0 Å². The van der Waals surface area contributed by atoms with Gasteiger partial charge >= 0.3 is 0 Å². The summed E-state index contributed by atoms with van der Waals surface area (Å²) in [5.74, 6) is 0.730. The summed E-state index contributed by atoms with van der Waals surface area (Å²) in [4.78, 5) is 8.38. The summed E-state index contributed by atoms with van der Waals surface area (Å²) in [5, 5.41) is 7.42. The molecule has 4 heterocycles. The van der Waals surface area contributed by atoms with Gasteiger partial charge in [-0.2, -0.15) is 0 Å². The van der Waals surface area contributed by atoms with Gasteiger partial charge in [0.05, 0.1) is 11.4 Å². The third-order valence-electron chi connectivity index (χ3n) is 5.05. The second-order valence-corrected chi connectivity index (χ2v) is 8.78. The van der Waals surface area contributed by atoms with Gasteiger partial charge in [-0.05, 0) is 25.3 Å². The van der Waals surface area contributed by atoms with Crippen LogP contribution in [-0.2, 0) is 0 Å². The average Bonchev–Trinajstić information content (AvgIpc) is 3.18. The summed E-state index contributed by atoms with van der Waals surface area (Å²) in [6, 6.07) is 0.591. The number of allylic oxidation sites excluding steroid dienone is 2. The van der Waals surface area contributed by atoms with Crippen molar-refractivity contribution in [2.24, 2.45) is 10.9 Å². The Balaban J connectivity index is 1.45. The Hall–Kier alpha value is -1.28. The topological polar surface area (TPSA) is 63.7 Å². The minimum absolute atomic E-state index is 0.0285. The molecule has 0 aliphatic carbocycles. The van der Waals surface area contributed by atoms with E-state index in [4.69, 9.17) is 0 Å². The van der Waals surface area contributed by atoms with Crippen LogP contribution in [0.5, 0.6) is 0 Å². The van der Waals surface area contributed by atoms with E-state index in [1.807, 2.05) is 24.1 Å². The fourth-order valence-corrected chi connectivity index (χ4v) is 5.03. The molecule has 25 heavy (non-hydrogen) atoms. The molecular weight excluding hydrogens is 332 g/mol. The molecule has 136 valence electrons. The minimum atomic E-state index is 0.0285. The number of fused-ring (bicyclic) bond motifs is 1. The normalized spacial score (nSPS) is 32.4. The zero-order chi connectivity index (χ0) is 17.4. The van der Waals surface area contributed by atoms with Crippen LogP contribution in [-0.4, -0.2) is 48.5 Å². The first-order chi connectivity index (χ1) is 12.1. The number of rotatable bonds is 4. The highest BCUT2D eigenvalue weighted by molar-refractivity contribution is 8.03. The maximum Gasteiger partial charge on any atom is 0.143 e. The lowest BCUT2D eigenvalue weighted by atomic mass is 10.0. The van der Waals surface area contributed by atoms with Crippen LogP contribution >= 0.6 is 11.8 Å². The molecule has 0 radical (unpaired) electrons. The monoisotopic (exact) mass is 360 g/mol. The Morgan fingerprint density at radius 3 is 3.08 bits per heavy atom. The average molecular weight is 361 g/mol. The van der Waals surface area contributed by atoms with Gasteiger partial charge in [-0.3, -0.25) is 9.89 Å². The van der Waals surface area contributed by atoms with Gasteiger partial charge in [0, 0.05) is 42.4 Å². The molecule has 4 aliphatic heterocycles. The van der Waals surface area contributed by atoms with Crippen LogP contribution in [0.1, 0.15) is 27.2 Å². The van der Waals surface area contributed by atoms with Crippen LogP contribution in [0.4, 0.5) is 0 Å². The van der Waals surface area contributed by atoms with E-state index in [0.717, 1.165) is 31.2 Å². The number of piperazine rings is 1.